The molecule has 0 atom stereocenters. The summed E-state index contributed by atoms with van der Waals surface area (Å²) >= 11 is 0. The molecule has 1 radical (unpaired) electrons. The van der Waals surface area contributed by atoms with Crippen LogP contribution in [0.3, 0.4) is 0 Å². The van der Waals surface area contributed by atoms with Gasteiger partial charge < -0.3 is 0 Å². The van der Waals surface area contributed by atoms with Gasteiger partial charge in [0.05, 0.1) is 0 Å². The van der Waals surface area contributed by atoms with E-state index in [-0.39, 0.29) is 0 Å². The molecule has 0 nitrogen and oxygen atoms in total. The van der Waals surface area contributed by atoms with Crippen LogP contribution >= 0.6 is 0 Å². The summed E-state index contributed by atoms with van der Waals surface area (Å²) in [5.74, 6) is 0.824. The van der Waals surface area contributed by atoms with E-state index in [2.05, 4.69) is 20.8 Å². The summed E-state index contributed by atoms with van der Waals surface area (Å²) in [6.45, 7) is 11.9. The molecule has 0 saturated heterocycles. The lowest BCUT2D eigenvalue weighted by Gasteiger charge is -2.03. The van der Waals surface area contributed by atoms with Gasteiger partial charge in [0.15, 0.2) is 0 Å². The monoisotopic (exact) mass is 151 g/mol. The van der Waals surface area contributed by atoms with Crippen LogP contribution in [-0.4, -0.2) is 0 Å². The molecule has 0 rings (SSSR count). The first-order chi connectivity index (χ1) is 5.16. The van der Waals surface area contributed by atoms with Crippen molar-refractivity contribution in [1.82, 2.24) is 0 Å². The molecule has 0 amide bonds. The normalized spacial score (nSPS) is 12.2. The SMILES string of the molecule is [CH]=CC=C(C)CCCC(C)C. The molecule has 0 aromatic rings. The van der Waals surface area contributed by atoms with Gasteiger partial charge >= 0.3 is 0 Å². The molecule has 0 spiro atoms. The Morgan fingerprint density at radius 1 is 1.45 bits per heavy atom. The van der Waals surface area contributed by atoms with Gasteiger partial charge in [-0.3, -0.25) is 0 Å². The fourth-order valence-corrected chi connectivity index (χ4v) is 1.04. The van der Waals surface area contributed by atoms with E-state index in [0.717, 1.165) is 5.92 Å². The van der Waals surface area contributed by atoms with E-state index in [1.807, 2.05) is 6.08 Å². The largest absolute Gasteiger partial charge is 0.0733 e. The lowest BCUT2D eigenvalue weighted by atomic mass is 10.0. The van der Waals surface area contributed by atoms with Crippen LogP contribution in [0.1, 0.15) is 40.0 Å². The van der Waals surface area contributed by atoms with E-state index in [0.29, 0.717) is 0 Å². The molecule has 0 heteroatoms. The van der Waals surface area contributed by atoms with Crippen molar-refractivity contribution in [1.29, 1.82) is 0 Å². The summed E-state index contributed by atoms with van der Waals surface area (Å²) in [4.78, 5) is 0. The van der Waals surface area contributed by atoms with Gasteiger partial charge in [0.2, 0.25) is 0 Å². The van der Waals surface area contributed by atoms with Crippen molar-refractivity contribution in [3.8, 4) is 0 Å². The number of allylic oxidation sites excluding steroid dienone is 3. The Balaban J connectivity index is 3.38. The molecular formula is C11H19. The van der Waals surface area contributed by atoms with Gasteiger partial charge in [0, 0.05) is 0 Å². The quantitative estimate of drug-likeness (QED) is 0.525. The average molecular weight is 151 g/mol. The minimum atomic E-state index is 0.824. The van der Waals surface area contributed by atoms with Gasteiger partial charge in [-0.15, -0.1) is 0 Å². The topological polar surface area (TPSA) is 0 Å². The molecule has 0 aliphatic rings. The molecule has 0 aromatic heterocycles. The zero-order valence-electron chi connectivity index (χ0n) is 7.93. The molecule has 63 valence electrons. The van der Waals surface area contributed by atoms with Gasteiger partial charge in [-0.05, 0) is 25.7 Å². The Bertz CT molecular complexity index is 129. The standard InChI is InChI=1S/C11H19/c1-5-7-11(4)9-6-8-10(2)3/h1,5,7,10H,6,8-9H2,2-4H3. The molecule has 0 saturated carbocycles. The number of hydrogen-bond acceptors (Lipinski definition) is 0. The fraction of sp³-hybridized carbons (Fsp3) is 0.636. The third-order valence-corrected chi connectivity index (χ3v) is 1.73. The van der Waals surface area contributed by atoms with E-state index in [1.165, 1.54) is 24.8 Å². The maximum Gasteiger partial charge on any atom is -0.0320 e. The first-order valence-electron chi connectivity index (χ1n) is 4.37. The second-order valence-corrected chi connectivity index (χ2v) is 3.49. The Kier molecular flexibility index (Phi) is 5.91. The Hall–Kier alpha value is -0.520. The smallest absolute Gasteiger partial charge is 0.0320 e. The molecule has 0 N–H and O–H groups in total. The Labute approximate surface area is 71.0 Å². The van der Waals surface area contributed by atoms with Gasteiger partial charge in [-0.1, -0.05) is 44.6 Å². The molecule has 0 aliphatic heterocycles. The molecular weight excluding hydrogens is 132 g/mol. The van der Waals surface area contributed by atoms with Crippen LogP contribution < -0.4 is 0 Å². The Morgan fingerprint density at radius 3 is 2.55 bits per heavy atom. The molecule has 11 heavy (non-hydrogen) atoms. The van der Waals surface area contributed by atoms with Crippen molar-refractivity contribution < 1.29 is 0 Å². The van der Waals surface area contributed by atoms with Crippen molar-refractivity contribution in [2.75, 3.05) is 0 Å². The van der Waals surface area contributed by atoms with Crippen molar-refractivity contribution in [3.63, 3.8) is 0 Å². The molecule has 0 aromatic carbocycles. The van der Waals surface area contributed by atoms with Gasteiger partial charge in [0.25, 0.3) is 0 Å². The summed E-state index contributed by atoms with van der Waals surface area (Å²) in [6.07, 6.45) is 7.39. The van der Waals surface area contributed by atoms with E-state index in [9.17, 15) is 0 Å². The third-order valence-electron chi connectivity index (χ3n) is 1.73. The highest BCUT2D eigenvalue weighted by Crippen LogP contribution is 2.11. The minimum Gasteiger partial charge on any atom is -0.0733 e. The third kappa shape index (κ3) is 7.38. The molecule has 0 heterocycles. The average Bonchev–Trinajstić information content (AvgIpc) is 1.87. The summed E-state index contributed by atoms with van der Waals surface area (Å²) in [5.41, 5.74) is 1.38. The van der Waals surface area contributed by atoms with Crippen molar-refractivity contribution in [2.24, 2.45) is 5.92 Å². The van der Waals surface area contributed by atoms with Crippen LogP contribution in [0, 0.1) is 12.5 Å². The number of hydrogen-bond donors (Lipinski definition) is 0. The Morgan fingerprint density at radius 2 is 2.09 bits per heavy atom. The predicted molar refractivity (Wildman–Crippen MR) is 51.3 cm³/mol. The van der Waals surface area contributed by atoms with E-state index >= 15 is 0 Å². The molecule has 0 bridgehead atoms. The van der Waals surface area contributed by atoms with Gasteiger partial charge in [-0.2, -0.15) is 0 Å². The van der Waals surface area contributed by atoms with Crippen molar-refractivity contribution in [2.45, 2.75) is 40.0 Å². The van der Waals surface area contributed by atoms with Crippen LogP contribution in [0.2, 0.25) is 0 Å². The molecule has 0 fully saturated rings. The van der Waals surface area contributed by atoms with Crippen LogP contribution in [0.4, 0.5) is 0 Å². The van der Waals surface area contributed by atoms with Crippen molar-refractivity contribution >= 4 is 0 Å². The van der Waals surface area contributed by atoms with Gasteiger partial charge in [-0.25, -0.2) is 0 Å². The van der Waals surface area contributed by atoms with Crippen LogP contribution in [0.25, 0.3) is 0 Å². The van der Waals surface area contributed by atoms with E-state index in [1.54, 1.807) is 6.08 Å². The lowest BCUT2D eigenvalue weighted by molar-refractivity contribution is 0.555. The zero-order chi connectivity index (χ0) is 8.69. The zero-order valence-corrected chi connectivity index (χ0v) is 7.93. The van der Waals surface area contributed by atoms with Crippen LogP contribution in [0.5, 0.6) is 0 Å². The second-order valence-electron chi connectivity index (χ2n) is 3.49. The molecule has 0 unspecified atom stereocenters. The van der Waals surface area contributed by atoms with E-state index in [4.69, 9.17) is 6.58 Å². The fourth-order valence-electron chi connectivity index (χ4n) is 1.04. The molecule has 0 aliphatic carbocycles. The van der Waals surface area contributed by atoms with Crippen molar-refractivity contribution in [3.05, 3.63) is 24.3 Å². The van der Waals surface area contributed by atoms with Crippen LogP contribution in [-0.2, 0) is 0 Å². The highest BCUT2D eigenvalue weighted by atomic mass is 14.0. The highest BCUT2D eigenvalue weighted by molar-refractivity contribution is 5.06. The second kappa shape index (κ2) is 6.21. The summed E-state index contributed by atoms with van der Waals surface area (Å²) in [7, 11) is 0. The summed E-state index contributed by atoms with van der Waals surface area (Å²) in [6, 6.07) is 0. The van der Waals surface area contributed by atoms with Gasteiger partial charge in [0.1, 0.15) is 0 Å². The van der Waals surface area contributed by atoms with E-state index < -0.39 is 0 Å². The first kappa shape index (κ1) is 10.5. The summed E-state index contributed by atoms with van der Waals surface area (Å²) < 4.78 is 0. The number of rotatable bonds is 5. The maximum atomic E-state index is 5.26. The lowest BCUT2D eigenvalue weighted by Crippen LogP contribution is -1.87. The summed E-state index contributed by atoms with van der Waals surface area (Å²) in [5, 5.41) is 0. The maximum absolute atomic E-state index is 5.26. The first-order valence-corrected chi connectivity index (χ1v) is 4.37. The highest BCUT2D eigenvalue weighted by Gasteiger charge is 1.93. The predicted octanol–water partition coefficient (Wildman–Crippen LogP) is 3.75. The van der Waals surface area contributed by atoms with Crippen LogP contribution in [0.15, 0.2) is 17.7 Å². The minimum absolute atomic E-state index is 0.824.